The van der Waals surface area contributed by atoms with Crippen LogP contribution >= 0.6 is 15.9 Å². The maximum atomic E-state index is 12.9. The minimum Gasteiger partial charge on any atom is -0.467 e. The molecule has 2 rings (SSSR count). The Morgan fingerprint density at radius 2 is 1.87 bits per heavy atom. The lowest BCUT2D eigenvalue weighted by molar-refractivity contribution is -0.152. The quantitative estimate of drug-likeness (QED) is 0.615. The predicted molar refractivity (Wildman–Crippen MR) is 117 cm³/mol. The molecule has 1 heterocycles. The number of nitrogens with one attached hydrogen (secondary N) is 2. The molecular formula is C21H28BrN3O5. The Morgan fingerprint density at radius 3 is 2.47 bits per heavy atom. The number of hydrogen-bond donors (Lipinski definition) is 2. The lowest BCUT2D eigenvalue weighted by Crippen LogP contribution is -2.52. The molecule has 30 heavy (non-hydrogen) atoms. The molecule has 0 spiro atoms. The molecule has 2 N–H and O–H groups in total. The van der Waals surface area contributed by atoms with Gasteiger partial charge in [0.05, 0.1) is 11.7 Å². The van der Waals surface area contributed by atoms with Crippen LogP contribution in [0.25, 0.3) is 10.9 Å². The molecule has 8 nitrogen and oxygen atoms in total. The highest BCUT2D eigenvalue weighted by Crippen LogP contribution is 2.28. The standard InChI is InChI=1S/C21H28BrN3O5/c1-12(23-20(28)30-21(2,3)4)18(26)25(5)16(19(27)29-6)11-14-13-9-7-8-10-15(13)24-17(14)22/h7-10,12,16,24H,11H2,1-6H3,(H,23,28)/t12-,16+/m0/s1. The fraction of sp³-hybridized carbons (Fsp3) is 0.476. The third-order valence-electron chi connectivity index (χ3n) is 4.55. The SMILES string of the molecule is COC(=O)[C@@H](Cc1c(Br)[nH]c2ccccc12)N(C)C(=O)[C@H](C)NC(=O)OC(C)(C)C. The van der Waals surface area contributed by atoms with Crippen molar-refractivity contribution in [3.05, 3.63) is 34.4 Å². The van der Waals surface area contributed by atoms with E-state index in [2.05, 4.69) is 26.2 Å². The summed E-state index contributed by atoms with van der Waals surface area (Å²) < 4.78 is 10.9. The number of H-pyrrole nitrogens is 1. The molecule has 1 aromatic heterocycles. The Morgan fingerprint density at radius 1 is 1.23 bits per heavy atom. The molecule has 164 valence electrons. The van der Waals surface area contributed by atoms with E-state index < -0.39 is 35.7 Å². The summed E-state index contributed by atoms with van der Waals surface area (Å²) in [6.45, 7) is 6.74. The molecule has 0 bridgehead atoms. The minimum absolute atomic E-state index is 0.235. The molecule has 0 radical (unpaired) electrons. The van der Waals surface area contributed by atoms with E-state index in [1.807, 2.05) is 24.3 Å². The lowest BCUT2D eigenvalue weighted by Gasteiger charge is -2.29. The summed E-state index contributed by atoms with van der Waals surface area (Å²) in [5, 5.41) is 3.45. The van der Waals surface area contributed by atoms with Crippen LogP contribution < -0.4 is 5.32 Å². The van der Waals surface area contributed by atoms with Gasteiger partial charge in [-0.25, -0.2) is 9.59 Å². The van der Waals surface area contributed by atoms with Gasteiger partial charge in [0.2, 0.25) is 5.91 Å². The van der Waals surface area contributed by atoms with Crippen molar-refractivity contribution in [1.82, 2.24) is 15.2 Å². The van der Waals surface area contributed by atoms with Gasteiger partial charge in [-0.1, -0.05) is 18.2 Å². The normalized spacial score (nSPS) is 13.4. The van der Waals surface area contributed by atoms with Crippen molar-refractivity contribution < 1.29 is 23.9 Å². The monoisotopic (exact) mass is 481 g/mol. The zero-order valence-corrected chi connectivity index (χ0v) is 19.6. The summed E-state index contributed by atoms with van der Waals surface area (Å²) in [6.07, 6.45) is -0.468. The molecule has 0 aliphatic rings. The summed E-state index contributed by atoms with van der Waals surface area (Å²) in [5.74, 6) is -0.986. The number of ether oxygens (including phenoxy) is 2. The summed E-state index contributed by atoms with van der Waals surface area (Å²) in [6, 6.07) is 5.92. The number of fused-ring (bicyclic) bond motifs is 1. The van der Waals surface area contributed by atoms with Gasteiger partial charge in [-0.05, 0) is 55.3 Å². The van der Waals surface area contributed by atoms with Gasteiger partial charge in [0.1, 0.15) is 17.7 Å². The first-order valence-corrected chi connectivity index (χ1v) is 10.3. The third-order valence-corrected chi connectivity index (χ3v) is 5.23. The van der Waals surface area contributed by atoms with E-state index in [-0.39, 0.29) is 6.42 Å². The van der Waals surface area contributed by atoms with Crippen molar-refractivity contribution in [3.8, 4) is 0 Å². The topological polar surface area (TPSA) is 101 Å². The molecule has 2 atom stereocenters. The second kappa shape index (κ2) is 9.51. The molecule has 0 aliphatic carbocycles. The largest absolute Gasteiger partial charge is 0.467 e. The van der Waals surface area contributed by atoms with Crippen LogP contribution in [0, 0.1) is 0 Å². The number of carbonyl (C=O) groups excluding carboxylic acids is 3. The second-order valence-electron chi connectivity index (χ2n) is 8.02. The maximum Gasteiger partial charge on any atom is 0.408 e. The highest BCUT2D eigenvalue weighted by molar-refractivity contribution is 9.10. The fourth-order valence-corrected chi connectivity index (χ4v) is 3.67. The van der Waals surface area contributed by atoms with E-state index in [4.69, 9.17) is 9.47 Å². The highest BCUT2D eigenvalue weighted by Gasteiger charge is 2.33. The van der Waals surface area contributed by atoms with Crippen LogP contribution in [-0.4, -0.2) is 59.7 Å². The number of amides is 2. The molecule has 0 saturated carbocycles. The molecule has 0 unspecified atom stereocenters. The van der Waals surface area contributed by atoms with Crippen molar-refractivity contribution >= 4 is 44.8 Å². The number of hydrogen-bond acceptors (Lipinski definition) is 5. The number of aromatic amines is 1. The van der Waals surface area contributed by atoms with Gasteiger partial charge in [-0.3, -0.25) is 4.79 Å². The van der Waals surface area contributed by atoms with Crippen LogP contribution in [0.4, 0.5) is 4.79 Å². The maximum absolute atomic E-state index is 12.9. The average molecular weight is 482 g/mol. The fourth-order valence-electron chi connectivity index (χ4n) is 3.08. The number of halogens is 1. The molecule has 9 heteroatoms. The summed E-state index contributed by atoms with van der Waals surface area (Å²) in [7, 11) is 2.79. The Hall–Kier alpha value is -2.55. The van der Waals surface area contributed by atoms with Crippen molar-refractivity contribution in [2.75, 3.05) is 14.2 Å². The van der Waals surface area contributed by atoms with Gasteiger partial charge >= 0.3 is 12.1 Å². The number of likely N-dealkylation sites (N-methyl/N-ethyl adjacent to an activating group) is 1. The van der Waals surface area contributed by atoms with Crippen molar-refractivity contribution in [1.29, 1.82) is 0 Å². The lowest BCUT2D eigenvalue weighted by atomic mass is 10.0. The number of methoxy groups -OCH3 is 1. The number of para-hydroxylation sites is 1. The summed E-state index contributed by atoms with van der Waals surface area (Å²) in [4.78, 5) is 41.9. The van der Waals surface area contributed by atoms with Crippen LogP contribution in [0.3, 0.4) is 0 Å². The molecular weight excluding hydrogens is 454 g/mol. The molecule has 1 aromatic carbocycles. The van der Waals surface area contributed by atoms with Crippen molar-refractivity contribution in [3.63, 3.8) is 0 Å². The predicted octanol–water partition coefficient (Wildman–Crippen LogP) is 3.39. The number of esters is 1. The van der Waals surface area contributed by atoms with Crippen molar-refractivity contribution in [2.45, 2.75) is 51.8 Å². The van der Waals surface area contributed by atoms with Crippen LogP contribution in [0.2, 0.25) is 0 Å². The second-order valence-corrected chi connectivity index (χ2v) is 8.82. The average Bonchev–Trinajstić information content (AvgIpc) is 2.97. The zero-order valence-electron chi connectivity index (χ0n) is 18.0. The number of alkyl carbamates (subject to hydrolysis) is 1. The van der Waals surface area contributed by atoms with E-state index in [0.717, 1.165) is 21.1 Å². The van der Waals surface area contributed by atoms with Gasteiger partial charge in [0.15, 0.2) is 0 Å². The Kier molecular flexibility index (Phi) is 7.52. The number of rotatable bonds is 6. The van der Waals surface area contributed by atoms with Gasteiger partial charge in [-0.2, -0.15) is 0 Å². The van der Waals surface area contributed by atoms with E-state index in [1.54, 1.807) is 27.7 Å². The number of benzene rings is 1. The first kappa shape index (κ1) is 23.7. The van der Waals surface area contributed by atoms with Gasteiger partial charge < -0.3 is 24.7 Å². The van der Waals surface area contributed by atoms with Crippen LogP contribution in [0.1, 0.15) is 33.3 Å². The Bertz CT molecular complexity index is 934. The Labute approximate surface area is 184 Å². The smallest absolute Gasteiger partial charge is 0.408 e. The van der Waals surface area contributed by atoms with Crippen molar-refractivity contribution in [2.24, 2.45) is 0 Å². The van der Waals surface area contributed by atoms with Crippen LogP contribution in [0.5, 0.6) is 0 Å². The van der Waals surface area contributed by atoms with Gasteiger partial charge in [0.25, 0.3) is 0 Å². The molecule has 0 fully saturated rings. The van der Waals surface area contributed by atoms with Crippen LogP contribution in [-0.2, 0) is 25.5 Å². The molecule has 2 aromatic rings. The Balaban J connectivity index is 2.21. The highest BCUT2D eigenvalue weighted by atomic mass is 79.9. The van der Waals surface area contributed by atoms with Gasteiger partial charge in [0, 0.05) is 24.4 Å². The minimum atomic E-state index is -0.886. The van der Waals surface area contributed by atoms with Gasteiger partial charge in [-0.15, -0.1) is 0 Å². The third kappa shape index (κ3) is 5.75. The molecule has 2 amide bonds. The number of nitrogens with zero attached hydrogens (tertiary/aromatic N) is 1. The van der Waals surface area contributed by atoms with E-state index in [0.29, 0.717) is 0 Å². The van der Waals surface area contributed by atoms with E-state index in [1.165, 1.54) is 19.1 Å². The summed E-state index contributed by atoms with van der Waals surface area (Å²) in [5.41, 5.74) is 1.08. The first-order chi connectivity index (χ1) is 13.9. The molecule has 0 aliphatic heterocycles. The first-order valence-electron chi connectivity index (χ1n) is 9.53. The van der Waals surface area contributed by atoms with E-state index >= 15 is 0 Å². The zero-order chi connectivity index (χ0) is 22.6. The van der Waals surface area contributed by atoms with E-state index in [9.17, 15) is 14.4 Å². The number of aromatic nitrogens is 1. The van der Waals surface area contributed by atoms with Crippen LogP contribution in [0.15, 0.2) is 28.9 Å². The summed E-state index contributed by atoms with van der Waals surface area (Å²) >= 11 is 3.50. The number of carbonyl (C=O) groups is 3. The molecule has 0 saturated heterocycles.